The molecule has 2 rings (SSSR count). The predicted molar refractivity (Wildman–Crippen MR) is 88.8 cm³/mol. The zero-order valence-corrected chi connectivity index (χ0v) is 13.5. The van der Waals surface area contributed by atoms with Crippen molar-refractivity contribution in [3.05, 3.63) is 30.3 Å². The zero-order chi connectivity index (χ0) is 13.3. The number of nitrogens with zero attached hydrogens (tertiary/aromatic N) is 1. The fourth-order valence-corrected chi connectivity index (χ4v) is 2.00. The number of para-hydroxylation sites is 1. The van der Waals surface area contributed by atoms with E-state index in [1.54, 1.807) is 0 Å². The number of halogens is 2. The van der Waals surface area contributed by atoms with E-state index in [0.29, 0.717) is 19.7 Å². The third kappa shape index (κ3) is 8.12. The molecule has 0 atom stereocenters. The molecule has 0 spiro atoms. The Kier molecular flexibility index (Phi) is 11.1. The summed E-state index contributed by atoms with van der Waals surface area (Å²) in [6.07, 6.45) is 0. The second-order valence-corrected chi connectivity index (χ2v) is 4.54. The molecule has 1 heterocycles. The molecule has 0 aromatic heterocycles. The smallest absolute Gasteiger partial charge is 0.234 e. The lowest BCUT2D eigenvalue weighted by Gasteiger charge is -2.26. The number of hydrogen-bond acceptors (Lipinski definition) is 4. The lowest BCUT2D eigenvalue weighted by Crippen LogP contribution is -2.47. The van der Waals surface area contributed by atoms with Crippen molar-refractivity contribution in [3.63, 3.8) is 0 Å². The van der Waals surface area contributed by atoms with E-state index in [0.717, 1.165) is 31.9 Å². The van der Waals surface area contributed by atoms with E-state index in [1.165, 1.54) is 0 Å². The van der Waals surface area contributed by atoms with Gasteiger partial charge in [0.1, 0.15) is 12.4 Å². The summed E-state index contributed by atoms with van der Waals surface area (Å²) < 4.78 is 5.51. The molecular formula is C14H23Cl2N3O2. The van der Waals surface area contributed by atoms with Crippen molar-refractivity contribution >= 4 is 30.7 Å². The third-order valence-corrected chi connectivity index (χ3v) is 3.01. The van der Waals surface area contributed by atoms with Crippen LogP contribution in [0.5, 0.6) is 5.75 Å². The van der Waals surface area contributed by atoms with Crippen molar-refractivity contribution in [3.8, 4) is 5.75 Å². The molecule has 1 saturated heterocycles. The summed E-state index contributed by atoms with van der Waals surface area (Å²) in [6, 6.07) is 9.61. The number of ether oxygens (including phenoxy) is 1. The minimum Gasteiger partial charge on any atom is -0.492 e. The van der Waals surface area contributed by atoms with Gasteiger partial charge in [-0.15, -0.1) is 24.8 Å². The number of rotatable bonds is 6. The molecule has 5 nitrogen and oxygen atoms in total. The number of piperazine rings is 1. The minimum atomic E-state index is 0. The summed E-state index contributed by atoms with van der Waals surface area (Å²) in [5, 5.41) is 6.14. The van der Waals surface area contributed by atoms with Crippen LogP contribution in [0.4, 0.5) is 0 Å². The summed E-state index contributed by atoms with van der Waals surface area (Å²) >= 11 is 0. The Morgan fingerprint density at radius 1 is 1.19 bits per heavy atom. The van der Waals surface area contributed by atoms with Crippen LogP contribution in [0, 0.1) is 0 Å². The van der Waals surface area contributed by atoms with Gasteiger partial charge in [0.15, 0.2) is 0 Å². The average Bonchev–Trinajstić information content (AvgIpc) is 2.46. The number of carbonyl (C=O) groups is 1. The normalized spacial score (nSPS) is 14.5. The minimum absolute atomic E-state index is 0. The molecule has 0 radical (unpaired) electrons. The van der Waals surface area contributed by atoms with Crippen molar-refractivity contribution in [2.75, 3.05) is 45.9 Å². The maximum Gasteiger partial charge on any atom is 0.234 e. The van der Waals surface area contributed by atoms with Crippen LogP contribution in [-0.4, -0.2) is 56.7 Å². The van der Waals surface area contributed by atoms with E-state index >= 15 is 0 Å². The van der Waals surface area contributed by atoms with Gasteiger partial charge in [0.25, 0.3) is 0 Å². The lowest BCUT2D eigenvalue weighted by molar-refractivity contribution is -0.122. The Morgan fingerprint density at radius 2 is 1.86 bits per heavy atom. The molecule has 2 N–H and O–H groups in total. The first-order valence-corrected chi connectivity index (χ1v) is 6.72. The Balaban J connectivity index is 0.00000200. The molecule has 1 amide bonds. The molecule has 0 unspecified atom stereocenters. The number of benzene rings is 1. The molecule has 1 aliphatic heterocycles. The van der Waals surface area contributed by atoms with Crippen LogP contribution in [-0.2, 0) is 4.79 Å². The van der Waals surface area contributed by atoms with E-state index in [2.05, 4.69) is 15.5 Å². The summed E-state index contributed by atoms with van der Waals surface area (Å²) in [4.78, 5) is 13.9. The number of carbonyl (C=O) groups excluding carboxylic acids is 1. The van der Waals surface area contributed by atoms with E-state index in [4.69, 9.17) is 4.74 Å². The summed E-state index contributed by atoms with van der Waals surface area (Å²) in [6.45, 7) is 5.32. The van der Waals surface area contributed by atoms with Crippen LogP contribution >= 0.6 is 24.8 Å². The van der Waals surface area contributed by atoms with Crippen LogP contribution in [0.15, 0.2) is 30.3 Å². The van der Waals surface area contributed by atoms with Crippen LogP contribution in [0.3, 0.4) is 0 Å². The van der Waals surface area contributed by atoms with Crippen molar-refractivity contribution < 1.29 is 9.53 Å². The Labute approximate surface area is 138 Å². The molecule has 0 saturated carbocycles. The van der Waals surface area contributed by atoms with E-state index in [-0.39, 0.29) is 30.7 Å². The van der Waals surface area contributed by atoms with E-state index in [1.807, 2.05) is 30.3 Å². The molecule has 1 aliphatic rings. The molecule has 1 fully saturated rings. The van der Waals surface area contributed by atoms with Gasteiger partial charge in [-0.25, -0.2) is 0 Å². The first-order chi connectivity index (χ1) is 9.34. The number of nitrogens with one attached hydrogen (secondary N) is 2. The average molecular weight is 336 g/mol. The largest absolute Gasteiger partial charge is 0.492 e. The highest BCUT2D eigenvalue weighted by Crippen LogP contribution is 2.07. The molecule has 120 valence electrons. The van der Waals surface area contributed by atoms with Gasteiger partial charge < -0.3 is 15.4 Å². The van der Waals surface area contributed by atoms with Crippen LogP contribution in [0.1, 0.15) is 0 Å². The fraction of sp³-hybridized carbons (Fsp3) is 0.500. The molecule has 1 aromatic rings. The van der Waals surface area contributed by atoms with Crippen LogP contribution < -0.4 is 15.4 Å². The molecular weight excluding hydrogens is 313 g/mol. The Hall–Kier alpha value is -1.01. The first kappa shape index (κ1) is 20.0. The summed E-state index contributed by atoms with van der Waals surface area (Å²) in [5.74, 6) is 0.900. The Morgan fingerprint density at radius 3 is 2.52 bits per heavy atom. The summed E-state index contributed by atoms with van der Waals surface area (Å²) in [7, 11) is 0. The van der Waals surface area contributed by atoms with Gasteiger partial charge >= 0.3 is 0 Å². The number of hydrogen-bond donors (Lipinski definition) is 2. The second-order valence-electron chi connectivity index (χ2n) is 4.54. The first-order valence-electron chi connectivity index (χ1n) is 6.72. The molecule has 0 bridgehead atoms. The second kappa shape index (κ2) is 11.6. The van der Waals surface area contributed by atoms with Crippen LogP contribution in [0.2, 0.25) is 0 Å². The monoisotopic (exact) mass is 335 g/mol. The highest BCUT2D eigenvalue weighted by molar-refractivity contribution is 5.85. The van der Waals surface area contributed by atoms with Gasteiger partial charge in [0.05, 0.1) is 13.1 Å². The third-order valence-electron chi connectivity index (χ3n) is 3.01. The maximum absolute atomic E-state index is 11.7. The quantitative estimate of drug-likeness (QED) is 0.759. The number of amides is 1. The highest BCUT2D eigenvalue weighted by Gasteiger charge is 2.12. The molecule has 1 aromatic carbocycles. The standard InChI is InChI=1S/C14H21N3O2.2ClH/c18-14(12-17-9-6-15-7-10-17)16-8-11-19-13-4-2-1-3-5-13;;/h1-5,15H,6-12H2,(H,16,18);2*1H. The van der Waals surface area contributed by atoms with Gasteiger partial charge in [-0.1, -0.05) is 18.2 Å². The van der Waals surface area contributed by atoms with Crippen molar-refractivity contribution in [1.29, 1.82) is 0 Å². The Bertz CT molecular complexity index is 387. The van der Waals surface area contributed by atoms with E-state index < -0.39 is 0 Å². The van der Waals surface area contributed by atoms with Crippen molar-refractivity contribution in [1.82, 2.24) is 15.5 Å². The van der Waals surface area contributed by atoms with Gasteiger partial charge in [0, 0.05) is 26.2 Å². The van der Waals surface area contributed by atoms with Gasteiger partial charge in [-0.2, -0.15) is 0 Å². The van der Waals surface area contributed by atoms with Gasteiger partial charge in [-0.05, 0) is 12.1 Å². The van der Waals surface area contributed by atoms with Gasteiger partial charge in [0.2, 0.25) is 5.91 Å². The fourth-order valence-electron chi connectivity index (χ4n) is 2.00. The van der Waals surface area contributed by atoms with Crippen LogP contribution in [0.25, 0.3) is 0 Å². The van der Waals surface area contributed by atoms with Crippen molar-refractivity contribution in [2.24, 2.45) is 0 Å². The molecule has 7 heteroatoms. The predicted octanol–water partition coefficient (Wildman–Crippen LogP) is 0.930. The molecule has 21 heavy (non-hydrogen) atoms. The highest BCUT2D eigenvalue weighted by atomic mass is 35.5. The summed E-state index contributed by atoms with van der Waals surface area (Å²) in [5.41, 5.74) is 0. The topological polar surface area (TPSA) is 53.6 Å². The van der Waals surface area contributed by atoms with E-state index in [9.17, 15) is 4.79 Å². The zero-order valence-electron chi connectivity index (χ0n) is 11.9. The molecule has 0 aliphatic carbocycles. The SMILES string of the molecule is Cl.Cl.O=C(CN1CCNCC1)NCCOc1ccccc1. The lowest BCUT2D eigenvalue weighted by atomic mass is 10.3. The maximum atomic E-state index is 11.7. The van der Waals surface area contributed by atoms with Crippen molar-refractivity contribution in [2.45, 2.75) is 0 Å². The van der Waals surface area contributed by atoms with Gasteiger partial charge in [-0.3, -0.25) is 9.69 Å².